The molecule has 1 aromatic rings. The maximum atomic E-state index is 6.21. The molecule has 1 fully saturated rings. The van der Waals surface area contributed by atoms with Crippen LogP contribution in [0.15, 0.2) is 0 Å². The highest BCUT2D eigenvalue weighted by Gasteiger charge is 2.34. The first-order valence-electron chi connectivity index (χ1n) is 6.01. The van der Waals surface area contributed by atoms with Crippen LogP contribution in [0.3, 0.4) is 0 Å². The molecule has 1 heterocycles. The SMILES string of the molecule is CCC1(NCc2c(C)nn(C)c2Cl)CCC1. The molecule has 0 atom stereocenters. The fraction of sp³-hybridized carbons (Fsp3) is 0.750. The minimum absolute atomic E-state index is 0.367. The summed E-state index contributed by atoms with van der Waals surface area (Å²) in [7, 11) is 1.89. The summed E-state index contributed by atoms with van der Waals surface area (Å²) in [6.07, 6.45) is 5.13. The molecule has 0 amide bonds. The molecule has 0 spiro atoms. The summed E-state index contributed by atoms with van der Waals surface area (Å²) in [6, 6.07) is 0. The molecule has 90 valence electrons. The highest BCUT2D eigenvalue weighted by Crippen LogP contribution is 2.35. The van der Waals surface area contributed by atoms with Crippen LogP contribution in [0, 0.1) is 6.92 Å². The molecule has 1 aromatic heterocycles. The van der Waals surface area contributed by atoms with Crippen molar-refractivity contribution in [1.82, 2.24) is 15.1 Å². The first-order chi connectivity index (χ1) is 7.58. The van der Waals surface area contributed by atoms with Gasteiger partial charge in [-0.05, 0) is 32.6 Å². The van der Waals surface area contributed by atoms with Crippen molar-refractivity contribution in [2.45, 2.75) is 51.6 Å². The van der Waals surface area contributed by atoms with Gasteiger partial charge in [-0.15, -0.1) is 0 Å². The number of aryl methyl sites for hydroxylation is 2. The topological polar surface area (TPSA) is 29.9 Å². The molecule has 3 nitrogen and oxygen atoms in total. The Labute approximate surface area is 102 Å². The van der Waals surface area contributed by atoms with Crippen molar-refractivity contribution in [2.24, 2.45) is 7.05 Å². The van der Waals surface area contributed by atoms with Crippen LogP contribution < -0.4 is 5.32 Å². The third-order valence-corrected chi connectivity index (χ3v) is 4.37. The van der Waals surface area contributed by atoms with Crippen molar-refractivity contribution in [3.8, 4) is 0 Å². The summed E-state index contributed by atoms with van der Waals surface area (Å²) in [6.45, 7) is 5.11. The average molecular weight is 242 g/mol. The molecule has 1 N–H and O–H groups in total. The average Bonchev–Trinajstić information content (AvgIpc) is 2.43. The van der Waals surface area contributed by atoms with Crippen LogP contribution in [-0.2, 0) is 13.6 Å². The van der Waals surface area contributed by atoms with Crippen LogP contribution in [0.4, 0.5) is 0 Å². The van der Waals surface area contributed by atoms with Crippen LogP contribution in [0.25, 0.3) is 0 Å². The predicted molar refractivity (Wildman–Crippen MR) is 66.7 cm³/mol. The van der Waals surface area contributed by atoms with Gasteiger partial charge in [0, 0.05) is 24.7 Å². The molecule has 0 saturated heterocycles. The van der Waals surface area contributed by atoms with Crippen molar-refractivity contribution in [3.63, 3.8) is 0 Å². The molecule has 16 heavy (non-hydrogen) atoms. The summed E-state index contributed by atoms with van der Waals surface area (Å²) < 4.78 is 1.74. The lowest BCUT2D eigenvalue weighted by molar-refractivity contribution is 0.175. The van der Waals surface area contributed by atoms with Crippen molar-refractivity contribution in [2.75, 3.05) is 0 Å². The Bertz CT molecular complexity index is 374. The van der Waals surface area contributed by atoms with Crippen LogP contribution in [-0.4, -0.2) is 15.3 Å². The number of nitrogens with zero attached hydrogens (tertiary/aromatic N) is 2. The normalized spacial score (nSPS) is 18.5. The standard InChI is InChI=1S/C12H20ClN3/c1-4-12(6-5-7-12)14-8-10-9(2)15-16(3)11(10)13/h14H,4-8H2,1-3H3. The fourth-order valence-electron chi connectivity index (χ4n) is 2.41. The van der Waals surface area contributed by atoms with E-state index in [0.29, 0.717) is 5.54 Å². The Morgan fingerprint density at radius 1 is 1.50 bits per heavy atom. The zero-order chi connectivity index (χ0) is 11.8. The zero-order valence-corrected chi connectivity index (χ0v) is 11.1. The number of hydrogen-bond donors (Lipinski definition) is 1. The number of nitrogens with one attached hydrogen (secondary N) is 1. The number of rotatable bonds is 4. The van der Waals surface area contributed by atoms with E-state index in [1.807, 2.05) is 14.0 Å². The molecule has 0 aromatic carbocycles. The van der Waals surface area contributed by atoms with Gasteiger partial charge in [-0.3, -0.25) is 4.68 Å². The number of halogens is 1. The Hall–Kier alpha value is -0.540. The van der Waals surface area contributed by atoms with Gasteiger partial charge < -0.3 is 5.32 Å². The summed E-state index contributed by atoms with van der Waals surface area (Å²) >= 11 is 6.21. The van der Waals surface area contributed by atoms with Crippen molar-refractivity contribution >= 4 is 11.6 Å². The first-order valence-corrected chi connectivity index (χ1v) is 6.39. The Balaban J connectivity index is 2.04. The second-order valence-corrected chi connectivity index (χ2v) is 5.18. The molecular weight excluding hydrogens is 222 g/mol. The van der Waals surface area contributed by atoms with E-state index in [1.54, 1.807) is 4.68 Å². The monoisotopic (exact) mass is 241 g/mol. The molecule has 0 radical (unpaired) electrons. The molecule has 1 aliphatic carbocycles. The van der Waals surface area contributed by atoms with Gasteiger partial charge in [0.25, 0.3) is 0 Å². The highest BCUT2D eigenvalue weighted by atomic mass is 35.5. The fourth-order valence-corrected chi connectivity index (χ4v) is 2.65. The van der Waals surface area contributed by atoms with Gasteiger partial charge in [0.2, 0.25) is 0 Å². The van der Waals surface area contributed by atoms with E-state index >= 15 is 0 Å². The minimum atomic E-state index is 0.367. The van der Waals surface area contributed by atoms with E-state index in [9.17, 15) is 0 Å². The van der Waals surface area contributed by atoms with Crippen molar-refractivity contribution < 1.29 is 0 Å². The predicted octanol–water partition coefficient (Wildman–Crippen LogP) is 2.80. The second-order valence-electron chi connectivity index (χ2n) is 4.82. The van der Waals surface area contributed by atoms with Gasteiger partial charge in [-0.2, -0.15) is 5.10 Å². The molecule has 0 unspecified atom stereocenters. The molecule has 2 rings (SSSR count). The number of hydrogen-bond acceptors (Lipinski definition) is 2. The van der Waals surface area contributed by atoms with Crippen molar-refractivity contribution in [1.29, 1.82) is 0 Å². The van der Waals surface area contributed by atoms with E-state index in [1.165, 1.54) is 25.7 Å². The maximum Gasteiger partial charge on any atom is 0.131 e. The van der Waals surface area contributed by atoms with Gasteiger partial charge >= 0.3 is 0 Å². The lowest BCUT2D eigenvalue weighted by atomic mass is 9.75. The minimum Gasteiger partial charge on any atom is -0.307 e. The summed E-state index contributed by atoms with van der Waals surface area (Å²) in [4.78, 5) is 0. The second kappa shape index (κ2) is 4.38. The van der Waals surface area contributed by atoms with Gasteiger partial charge in [-0.1, -0.05) is 18.5 Å². The molecule has 1 saturated carbocycles. The molecule has 0 aliphatic heterocycles. The maximum absolute atomic E-state index is 6.21. The molecular formula is C12H20ClN3. The third kappa shape index (κ3) is 1.98. The van der Waals surface area contributed by atoms with Gasteiger partial charge in [0.05, 0.1) is 5.69 Å². The summed E-state index contributed by atoms with van der Waals surface area (Å²) in [5, 5.41) is 8.74. The quantitative estimate of drug-likeness (QED) is 0.879. The zero-order valence-electron chi connectivity index (χ0n) is 10.3. The van der Waals surface area contributed by atoms with E-state index in [2.05, 4.69) is 17.3 Å². The van der Waals surface area contributed by atoms with Crippen LogP contribution in [0.1, 0.15) is 43.9 Å². The first kappa shape index (κ1) is 11.9. The third-order valence-electron chi connectivity index (χ3n) is 3.90. The molecule has 0 bridgehead atoms. The highest BCUT2D eigenvalue weighted by molar-refractivity contribution is 6.30. The smallest absolute Gasteiger partial charge is 0.131 e. The van der Waals surface area contributed by atoms with E-state index < -0.39 is 0 Å². The summed E-state index contributed by atoms with van der Waals surface area (Å²) in [5.74, 6) is 0. The Morgan fingerprint density at radius 2 is 2.19 bits per heavy atom. The molecule has 1 aliphatic rings. The lowest BCUT2D eigenvalue weighted by Crippen LogP contribution is -2.49. The van der Waals surface area contributed by atoms with Crippen LogP contribution >= 0.6 is 11.6 Å². The van der Waals surface area contributed by atoms with Crippen LogP contribution in [0.2, 0.25) is 5.15 Å². The lowest BCUT2D eigenvalue weighted by Gasteiger charge is -2.42. The Morgan fingerprint density at radius 3 is 2.56 bits per heavy atom. The van der Waals surface area contributed by atoms with E-state index in [-0.39, 0.29) is 0 Å². The summed E-state index contributed by atoms with van der Waals surface area (Å²) in [5.41, 5.74) is 2.54. The van der Waals surface area contributed by atoms with Gasteiger partial charge in [0.15, 0.2) is 0 Å². The number of aromatic nitrogens is 2. The van der Waals surface area contributed by atoms with Crippen molar-refractivity contribution in [3.05, 3.63) is 16.4 Å². The van der Waals surface area contributed by atoms with Gasteiger partial charge in [0.1, 0.15) is 5.15 Å². The van der Waals surface area contributed by atoms with E-state index in [0.717, 1.165) is 23.0 Å². The van der Waals surface area contributed by atoms with Crippen LogP contribution in [0.5, 0.6) is 0 Å². The van der Waals surface area contributed by atoms with Gasteiger partial charge in [-0.25, -0.2) is 0 Å². The van der Waals surface area contributed by atoms with E-state index in [4.69, 9.17) is 11.6 Å². The molecule has 4 heteroatoms. The Kier molecular flexibility index (Phi) is 3.27. The largest absolute Gasteiger partial charge is 0.307 e.